The van der Waals surface area contributed by atoms with Crippen molar-refractivity contribution >= 4 is 0 Å². The molecule has 1 N–H and O–H groups in total. The molecule has 1 aliphatic carbocycles. The van der Waals surface area contributed by atoms with E-state index < -0.39 is 0 Å². The van der Waals surface area contributed by atoms with Gasteiger partial charge in [0.1, 0.15) is 0 Å². The fourth-order valence-electron chi connectivity index (χ4n) is 2.76. The van der Waals surface area contributed by atoms with E-state index in [1.807, 2.05) is 0 Å². The molecule has 2 rings (SSSR count). The SMILES string of the molecule is CN1CCC(NCC2CCCC2)CC1. The van der Waals surface area contributed by atoms with Crippen LogP contribution in [0.25, 0.3) is 0 Å². The van der Waals surface area contributed by atoms with Crippen LogP contribution in [-0.4, -0.2) is 37.6 Å². The molecule has 1 saturated heterocycles. The molecule has 0 aromatic carbocycles. The van der Waals surface area contributed by atoms with Crippen LogP contribution in [0.5, 0.6) is 0 Å². The van der Waals surface area contributed by atoms with Crippen molar-refractivity contribution < 1.29 is 0 Å². The Morgan fingerprint density at radius 2 is 1.71 bits per heavy atom. The zero-order chi connectivity index (χ0) is 9.80. The molecule has 0 atom stereocenters. The van der Waals surface area contributed by atoms with Crippen molar-refractivity contribution in [1.29, 1.82) is 0 Å². The summed E-state index contributed by atoms with van der Waals surface area (Å²) in [4.78, 5) is 2.44. The number of hydrogen-bond donors (Lipinski definition) is 1. The van der Waals surface area contributed by atoms with Crippen LogP contribution in [0.15, 0.2) is 0 Å². The third-order valence-electron chi connectivity index (χ3n) is 3.89. The highest BCUT2D eigenvalue weighted by Gasteiger charge is 2.19. The normalized spacial score (nSPS) is 27.2. The van der Waals surface area contributed by atoms with E-state index in [1.54, 1.807) is 0 Å². The maximum atomic E-state index is 3.76. The smallest absolute Gasteiger partial charge is 0.00915 e. The second-order valence-corrected chi connectivity index (χ2v) is 5.14. The second-order valence-electron chi connectivity index (χ2n) is 5.14. The summed E-state index contributed by atoms with van der Waals surface area (Å²) in [6.07, 6.45) is 8.59. The highest BCUT2D eigenvalue weighted by atomic mass is 15.1. The van der Waals surface area contributed by atoms with E-state index in [0.29, 0.717) is 0 Å². The van der Waals surface area contributed by atoms with Crippen LogP contribution in [0, 0.1) is 5.92 Å². The zero-order valence-electron chi connectivity index (χ0n) is 9.47. The van der Waals surface area contributed by atoms with Gasteiger partial charge in [-0.2, -0.15) is 0 Å². The molecule has 0 aromatic rings. The summed E-state index contributed by atoms with van der Waals surface area (Å²) in [5.74, 6) is 0.995. The van der Waals surface area contributed by atoms with Crippen molar-refractivity contribution in [3.05, 3.63) is 0 Å². The number of nitrogens with zero attached hydrogens (tertiary/aromatic N) is 1. The van der Waals surface area contributed by atoms with Gasteiger partial charge in [0.2, 0.25) is 0 Å². The van der Waals surface area contributed by atoms with Crippen LogP contribution < -0.4 is 5.32 Å². The highest BCUT2D eigenvalue weighted by Crippen LogP contribution is 2.24. The lowest BCUT2D eigenvalue weighted by Gasteiger charge is -2.30. The number of piperidine rings is 1. The molecule has 2 fully saturated rings. The van der Waals surface area contributed by atoms with Crippen molar-refractivity contribution in [2.45, 2.75) is 44.6 Å². The van der Waals surface area contributed by atoms with Gasteiger partial charge in [-0.3, -0.25) is 0 Å². The molecule has 0 aromatic heterocycles. The molecule has 0 radical (unpaired) electrons. The van der Waals surface area contributed by atoms with Gasteiger partial charge in [0.05, 0.1) is 0 Å². The molecule has 14 heavy (non-hydrogen) atoms. The highest BCUT2D eigenvalue weighted by molar-refractivity contribution is 4.78. The molecule has 2 heteroatoms. The molecule has 1 heterocycles. The van der Waals surface area contributed by atoms with E-state index in [1.165, 1.54) is 58.2 Å². The first-order valence-electron chi connectivity index (χ1n) is 6.26. The molecule has 0 bridgehead atoms. The van der Waals surface area contributed by atoms with Crippen LogP contribution in [0.3, 0.4) is 0 Å². The summed E-state index contributed by atoms with van der Waals surface area (Å²) in [5, 5.41) is 3.76. The molecular formula is C12H24N2. The van der Waals surface area contributed by atoms with Gasteiger partial charge in [0.15, 0.2) is 0 Å². The Bertz CT molecular complexity index is 156. The molecule has 0 amide bonds. The first-order valence-corrected chi connectivity index (χ1v) is 6.26. The molecular weight excluding hydrogens is 172 g/mol. The maximum absolute atomic E-state index is 3.76. The first kappa shape index (κ1) is 10.4. The van der Waals surface area contributed by atoms with Crippen LogP contribution >= 0.6 is 0 Å². The Balaban J connectivity index is 1.60. The summed E-state index contributed by atoms with van der Waals surface area (Å²) in [7, 11) is 2.23. The minimum atomic E-state index is 0.812. The van der Waals surface area contributed by atoms with E-state index in [2.05, 4.69) is 17.3 Å². The Morgan fingerprint density at radius 3 is 2.36 bits per heavy atom. The average Bonchev–Trinajstić information content (AvgIpc) is 2.70. The summed E-state index contributed by atoms with van der Waals surface area (Å²) < 4.78 is 0. The standard InChI is InChI=1S/C12H24N2/c1-14-8-6-12(7-9-14)13-10-11-4-2-3-5-11/h11-13H,2-10H2,1H3. The van der Waals surface area contributed by atoms with Gasteiger partial charge in [0, 0.05) is 6.04 Å². The fourth-order valence-corrected chi connectivity index (χ4v) is 2.76. The predicted octanol–water partition coefficient (Wildman–Crippen LogP) is 1.86. The van der Waals surface area contributed by atoms with Gasteiger partial charge in [-0.05, 0) is 58.3 Å². The molecule has 82 valence electrons. The van der Waals surface area contributed by atoms with E-state index in [9.17, 15) is 0 Å². The number of likely N-dealkylation sites (tertiary alicyclic amines) is 1. The van der Waals surface area contributed by atoms with Gasteiger partial charge in [0.25, 0.3) is 0 Å². The van der Waals surface area contributed by atoms with E-state index in [0.717, 1.165) is 12.0 Å². The van der Waals surface area contributed by atoms with E-state index >= 15 is 0 Å². The lowest BCUT2D eigenvalue weighted by atomic mass is 10.0. The zero-order valence-corrected chi connectivity index (χ0v) is 9.47. The first-order chi connectivity index (χ1) is 6.84. The van der Waals surface area contributed by atoms with E-state index in [-0.39, 0.29) is 0 Å². The van der Waals surface area contributed by atoms with Gasteiger partial charge in [-0.15, -0.1) is 0 Å². The average molecular weight is 196 g/mol. The van der Waals surface area contributed by atoms with Crippen LogP contribution in [-0.2, 0) is 0 Å². The molecule has 0 spiro atoms. The van der Waals surface area contributed by atoms with Crippen LogP contribution in [0.4, 0.5) is 0 Å². The van der Waals surface area contributed by atoms with Gasteiger partial charge in [-0.25, -0.2) is 0 Å². The lowest BCUT2D eigenvalue weighted by Crippen LogP contribution is -2.42. The van der Waals surface area contributed by atoms with Crippen molar-refractivity contribution in [2.75, 3.05) is 26.7 Å². The number of nitrogens with one attached hydrogen (secondary N) is 1. The van der Waals surface area contributed by atoms with Crippen molar-refractivity contribution in [3.8, 4) is 0 Å². The summed E-state index contributed by atoms with van der Waals surface area (Å²) >= 11 is 0. The molecule has 0 unspecified atom stereocenters. The van der Waals surface area contributed by atoms with E-state index in [4.69, 9.17) is 0 Å². The predicted molar refractivity (Wildman–Crippen MR) is 60.5 cm³/mol. The van der Waals surface area contributed by atoms with Gasteiger partial charge < -0.3 is 10.2 Å². The Hall–Kier alpha value is -0.0800. The quantitative estimate of drug-likeness (QED) is 0.741. The number of rotatable bonds is 3. The molecule has 1 saturated carbocycles. The topological polar surface area (TPSA) is 15.3 Å². The monoisotopic (exact) mass is 196 g/mol. The summed E-state index contributed by atoms with van der Waals surface area (Å²) in [5.41, 5.74) is 0. The third-order valence-corrected chi connectivity index (χ3v) is 3.89. The second kappa shape index (κ2) is 5.13. The van der Waals surface area contributed by atoms with Gasteiger partial charge >= 0.3 is 0 Å². The van der Waals surface area contributed by atoms with Crippen molar-refractivity contribution in [3.63, 3.8) is 0 Å². The Labute approximate surface area is 88.1 Å². The number of hydrogen-bond acceptors (Lipinski definition) is 2. The maximum Gasteiger partial charge on any atom is 0.00915 e. The Kier molecular flexibility index (Phi) is 3.82. The molecule has 2 nitrogen and oxygen atoms in total. The van der Waals surface area contributed by atoms with Crippen LogP contribution in [0.1, 0.15) is 38.5 Å². The summed E-state index contributed by atoms with van der Waals surface area (Å²) in [6.45, 7) is 3.85. The fraction of sp³-hybridized carbons (Fsp3) is 1.00. The molecule has 2 aliphatic rings. The third kappa shape index (κ3) is 2.96. The minimum absolute atomic E-state index is 0.812. The Morgan fingerprint density at radius 1 is 1.07 bits per heavy atom. The largest absolute Gasteiger partial charge is 0.314 e. The minimum Gasteiger partial charge on any atom is -0.314 e. The summed E-state index contributed by atoms with van der Waals surface area (Å²) in [6, 6.07) is 0.812. The van der Waals surface area contributed by atoms with Crippen molar-refractivity contribution in [1.82, 2.24) is 10.2 Å². The lowest BCUT2D eigenvalue weighted by molar-refractivity contribution is 0.230. The van der Waals surface area contributed by atoms with Crippen LogP contribution in [0.2, 0.25) is 0 Å². The van der Waals surface area contributed by atoms with Crippen molar-refractivity contribution in [2.24, 2.45) is 5.92 Å². The molecule has 1 aliphatic heterocycles. The van der Waals surface area contributed by atoms with Gasteiger partial charge in [-0.1, -0.05) is 12.8 Å².